The van der Waals surface area contributed by atoms with Gasteiger partial charge in [0.2, 0.25) is 0 Å². The van der Waals surface area contributed by atoms with Crippen LogP contribution in [0.1, 0.15) is 25.8 Å². The maximum absolute atomic E-state index is 11.9. The molecule has 1 aromatic carbocycles. The number of hydrogen-bond donors (Lipinski definition) is 1. The summed E-state index contributed by atoms with van der Waals surface area (Å²) < 4.78 is 0. The molecule has 1 N–H and O–H groups in total. The summed E-state index contributed by atoms with van der Waals surface area (Å²) in [5.74, 6) is 0. The Balaban J connectivity index is 2.77. The van der Waals surface area contributed by atoms with Gasteiger partial charge in [0.25, 0.3) is 0 Å². The summed E-state index contributed by atoms with van der Waals surface area (Å²) in [5, 5.41) is 2.76. The van der Waals surface area contributed by atoms with Crippen LogP contribution in [0, 0.1) is 6.92 Å². The first-order chi connectivity index (χ1) is 8.19. The minimum Gasteiger partial charge on any atom is -0.315 e. The van der Waals surface area contributed by atoms with Crippen molar-refractivity contribution in [2.24, 2.45) is 0 Å². The molecule has 0 unspecified atom stereocenters. The minimum absolute atomic E-state index is 0.0946. The van der Waals surface area contributed by atoms with Crippen LogP contribution in [-0.2, 0) is 0 Å². The molecular weight excluding hydrogens is 212 g/mol. The molecule has 2 amide bonds. The quantitative estimate of drug-likeness (QED) is 0.847. The van der Waals surface area contributed by atoms with E-state index in [1.165, 1.54) is 0 Å². The molecular formula is C14H20N2O. The van der Waals surface area contributed by atoms with Crippen molar-refractivity contribution in [3.05, 3.63) is 42.1 Å². The number of carbonyl (C=O) groups is 1. The highest BCUT2D eigenvalue weighted by Crippen LogP contribution is 2.15. The van der Waals surface area contributed by atoms with E-state index in [0.717, 1.165) is 17.7 Å². The standard InChI is InChI=1S/C14H20N2O/c1-4-6-10-15-14(17)16(5-2)13-9-7-8-12(3)11-13/h6-11H,4-5H2,1-3H3,(H,15,17)/b10-6+. The number of benzene rings is 1. The molecule has 3 heteroatoms. The first-order valence-corrected chi connectivity index (χ1v) is 5.98. The number of allylic oxidation sites excluding steroid dienone is 1. The van der Waals surface area contributed by atoms with E-state index in [2.05, 4.69) is 5.32 Å². The van der Waals surface area contributed by atoms with E-state index in [1.807, 2.05) is 51.1 Å². The second-order valence-electron chi connectivity index (χ2n) is 3.84. The molecule has 17 heavy (non-hydrogen) atoms. The lowest BCUT2D eigenvalue weighted by Gasteiger charge is -2.20. The van der Waals surface area contributed by atoms with Crippen LogP contribution >= 0.6 is 0 Å². The van der Waals surface area contributed by atoms with Crippen molar-refractivity contribution in [3.8, 4) is 0 Å². The number of hydrogen-bond acceptors (Lipinski definition) is 1. The topological polar surface area (TPSA) is 32.3 Å². The van der Waals surface area contributed by atoms with Crippen LogP contribution in [-0.4, -0.2) is 12.6 Å². The first-order valence-electron chi connectivity index (χ1n) is 5.98. The third kappa shape index (κ3) is 3.94. The van der Waals surface area contributed by atoms with Gasteiger partial charge in [-0.15, -0.1) is 0 Å². The van der Waals surface area contributed by atoms with Crippen LogP contribution in [0.5, 0.6) is 0 Å². The number of urea groups is 1. The average Bonchev–Trinajstić information content (AvgIpc) is 2.30. The molecule has 3 nitrogen and oxygen atoms in total. The average molecular weight is 232 g/mol. The Morgan fingerprint density at radius 2 is 2.18 bits per heavy atom. The molecule has 0 spiro atoms. The normalized spacial score (nSPS) is 10.5. The van der Waals surface area contributed by atoms with Gasteiger partial charge in [-0.05, 0) is 38.0 Å². The highest BCUT2D eigenvalue weighted by atomic mass is 16.2. The number of rotatable bonds is 4. The molecule has 0 heterocycles. The smallest absolute Gasteiger partial charge is 0.315 e. The van der Waals surface area contributed by atoms with Gasteiger partial charge in [0, 0.05) is 18.4 Å². The van der Waals surface area contributed by atoms with Crippen LogP contribution in [0.15, 0.2) is 36.5 Å². The van der Waals surface area contributed by atoms with E-state index >= 15 is 0 Å². The summed E-state index contributed by atoms with van der Waals surface area (Å²) in [7, 11) is 0. The van der Waals surface area contributed by atoms with Gasteiger partial charge < -0.3 is 5.32 Å². The number of carbonyl (C=O) groups excluding carboxylic acids is 1. The first kappa shape index (κ1) is 13.3. The molecule has 0 fully saturated rings. The highest BCUT2D eigenvalue weighted by Gasteiger charge is 2.11. The van der Waals surface area contributed by atoms with Gasteiger partial charge in [-0.3, -0.25) is 4.90 Å². The van der Waals surface area contributed by atoms with Crippen LogP contribution in [0.4, 0.5) is 10.5 Å². The van der Waals surface area contributed by atoms with E-state index in [0.29, 0.717) is 6.54 Å². The monoisotopic (exact) mass is 232 g/mol. The molecule has 0 radical (unpaired) electrons. The van der Waals surface area contributed by atoms with E-state index in [1.54, 1.807) is 11.1 Å². The maximum atomic E-state index is 11.9. The molecule has 0 aromatic heterocycles. The molecule has 0 saturated heterocycles. The number of amides is 2. The number of nitrogens with one attached hydrogen (secondary N) is 1. The molecule has 0 saturated carbocycles. The van der Waals surface area contributed by atoms with Crippen molar-refractivity contribution < 1.29 is 4.79 Å². The van der Waals surface area contributed by atoms with Gasteiger partial charge in [0.05, 0.1) is 0 Å². The summed E-state index contributed by atoms with van der Waals surface area (Å²) in [6.45, 7) is 6.66. The second-order valence-corrected chi connectivity index (χ2v) is 3.84. The maximum Gasteiger partial charge on any atom is 0.325 e. The fourth-order valence-corrected chi connectivity index (χ4v) is 1.57. The van der Waals surface area contributed by atoms with E-state index in [4.69, 9.17) is 0 Å². The Bertz CT molecular complexity index is 399. The number of nitrogens with zero attached hydrogens (tertiary/aromatic N) is 1. The fourth-order valence-electron chi connectivity index (χ4n) is 1.57. The van der Waals surface area contributed by atoms with Gasteiger partial charge >= 0.3 is 6.03 Å². The Kier molecular flexibility index (Phi) is 5.27. The molecule has 0 aliphatic carbocycles. The van der Waals surface area contributed by atoms with Crippen LogP contribution in [0.2, 0.25) is 0 Å². The number of aryl methyl sites for hydroxylation is 1. The summed E-state index contributed by atoms with van der Waals surface area (Å²) in [6.07, 6.45) is 4.53. The molecule has 0 bridgehead atoms. The van der Waals surface area contributed by atoms with E-state index in [9.17, 15) is 4.79 Å². The lowest BCUT2D eigenvalue weighted by Crippen LogP contribution is -2.37. The summed E-state index contributed by atoms with van der Waals surface area (Å²) >= 11 is 0. The highest BCUT2D eigenvalue weighted by molar-refractivity contribution is 5.92. The van der Waals surface area contributed by atoms with Crippen molar-refractivity contribution in [1.29, 1.82) is 0 Å². The summed E-state index contributed by atoms with van der Waals surface area (Å²) in [6, 6.07) is 7.84. The molecule has 1 aromatic rings. The zero-order chi connectivity index (χ0) is 12.7. The molecule has 0 atom stereocenters. The SMILES string of the molecule is CC/C=C/NC(=O)N(CC)c1cccc(C)c1. The van der Waals surface area contributed by atoms with Crippen LogP contribution in [0.25, 0.3) is 0 Å². The van der Waals surface area contributed by atoms with Crippen molar-refractivity contribution >= 4 is 11.7 Å². The molecule has 92 valence electrons. The zero-order valence-electron chi connectivity index (χ0n) is 10.7. The Hall–Kier alpha value is -1.77. The van der Waals surface area contributed by atoms with Gasteiger partial charge in [-0.2, -0.15) is 0 Å². The molecule has 0 aliphatic rings. The lowest BCUT2D eigenvalue weighted by atomic mass is 10.2. The lowest BCUT2D eigenvalue weighted by molar-refractivity contribution is 0.249. The van der Waals surface area contributed by atoms with Gasteiger partial charge in [0.15, 0.2) is 0 Å². The Morgan fingerprint density at radius 1 is 1.41 bits per heavy atom. The van der Waals surface area contributed by atoms with Crippen molar-refractivity contribution in [1.82, 2.24) is 5.32 Å². The summed E-state index contributed by atoms with van der Waals surface area (Å²) in [4.78, 5) is 13.6. The second kappa shape index (κ2) is 6.74. The Labute approximate surface area is 103 Å². The Morgan fingerprint density at radius 3 is 2.76 bits per heavy atom. The van der Waals surface area contributed by atoms with E-state index < -0.39 is 0 Å². The summed E-state index contributed by atoms with van der Waals surface area (Å²) in [5.41, 5.74) is 2.08. The van der Waals surface area contributed by atoms with Crippen molar-refractivity contribution in [2.75, 3.05) is 11.4 Å². The molecule has 0 aliphatic heterocycles. The fraction of sp³-hybridized carbons (Fsp3) is 0.357. The van der Waals surface area contributed by atoms with Crippen LogP contribution < -0.4 is 10.2 Å². The predicted molar refractivity (Wildman–Crippen MR) is 72.2 cm³/mol. The molecule has 1 rings (SSSR count). The largest absolute Gasteiger partial charge is 0.325 e. The van der Waals surface area contributed by atoms with E-state index in [-0.39, 0.29) is 6.03 Å². The van der Waals surface area contributed by atoms with Gasteiger partial charge in [0.1, 0.15) is 0 Å². The van der Waals surface area contributed by atoms with Gasteiger partial charge in [-0.25, -0.2) is 4.79 Å². The third-order valence-electron chi connectivity index (χ3n) is 2.44. The third-order valence-corrected chi connectivity index (χ3v) is 2.44. The minimum atomic E-state index is -0.0946. The zero-order valence-corrected chi connectivity index (χ0v) is 10.7. The van der Waals surface area contributed by atoms with Crippen molar-refractivity contribution in [3.63, 3.8) is 0 Å². The predicted octanol–water partition coefficient (Wildman–Crippen LogP) is 3.45. The van der Waals surface area contributed by atoms with Crippen molar-refractivity contribution in [2.45, 2.75) is 27.2 Å². The van der Waals surface area contributed by atoms with Gasteiger partial charge in [-0.1, -0.05) is 25.1 Å². The van der Waals surface area contributed by atoms with Crippen LogP contribution in [0.3, 0.4) is 0 Å². The number of anilines is 1.